The zero-order valence-corrected chi connectivity index (χ0v) is 14.9. The summed E-state index contributed by atoms with van der Waals surface area (Å²) in [5, 5.41) is 0. The van der Waals surface area contributed by atoms with Gasteiger partial charge in [-0.1, -0.05) is 34.6 Å². The van der Waals surface area contributed by atoms with Gasteiger partial charge in [0.15, 0.2) is 0 Å². The average molecular weight is 288 g/mol. The molecule has 0 spiro atoms. The first kappa shape index (κ1) is 19.9. The maximum atomic E-state index is 5.96. The highest BCUT2D eigenvalue weighted by molar-refractivity contribution is 4.74. The highest BCUT2D eigenvalue weighted by Crippen LogP contribution is 2.23. The van der Waals surface area contributed by atoms with E-state index >= 15 is 0 Å². The molecule has 3 nitrogen and oxygen atoms in total. The Bertz CT molecular complexity index is 236. The summed E-state index contributed by atoms with van der Waals surface area (Å²) in [4.78, 5) is 0. The van der Waals surface area contributed by atoms with E-state index in [9.17, 15) is 0 Å². The van der Waals surface area contributed by atoms with E-state index < -0.39 is 0 Å². The molecule has 0 aromatic rings. The van der Waals surface area contributed by atoms with Crippen LogP contribution in [0, 0.1) is 11.3 Å². The third-order valence-electron chi connectivity index (χ3n) is 3.01. The van der Waals surface area contributed by atoms with Gasteiger partial charge in [0.25, 0.3) is 0 Å². The summed E-state index contributed by atoms with van der Waals surface area (Å²) in [7, 11) is 0. The van der Waals surface area contributed by atoms with Crippen LogP contribution >= 0.6 is 0 Å². The van der Waals surface area contributed by atoms with E-state index in [2.05, 4.69) is 55.4 Å². The topological polar surface area (TPSA) is 27.7 Å². The minimum atomic E-state index is -0.103. The van der Waals surface area contributed by atoms with Crippen LogP contribution in [0.1, 0.15) is 61.8 Å². The number of rotatable bonds is 9. The van der Waals surface area contributed by atoms with E-state index in [0.717, 1.165) is 13.0 Å². The third kappa shape index (κ3) is 11.7. The minimum Gasteiger partial charge on any atom is -0.379 e. The Labute approximate surface area is 126 Å². The van der Waals surface area contributed by atoms with Crippen molar-refractivity contribution in [2.75, 3.05) is 26.4 Å². The first-order valence-corrected chi connectivity index (χ1v) is 7.85. The molecular weight excluding hydrogens is 252 g/mol. The molecule has 0 aliphatic heterocycles. The molecule has 0 aliphatic rings. The van der Waals surface area contributed by atoms with Crippen molar-refractivity contribution in [1.29, 1.82) is 0 Å². The Morgan fingerprint density at radius 2 is 1.45 bits per heavy atom. The van der Waals surface area contributed by atoms with Crippen molar-refractivity contribution in [2.45, 2.75) is 73.5 Å². The van der Waals surface area contributed by atoms with E-state index in [1.54, 1.807) is 0 Å². The summed E-state index contributed by atoms with van der Waals surface area (Å²) in [5.74, 6) is 0.684. The first-order valence-electron chi connectivity index (χ1n) is 7.85. The molecule has 0 aliphatic carbocycles. The van der Waals surface area contributed by atoms with Gasteiger partial charge in [-0.2, -0.15) is 0 Å². The maximum Gasteiger partial charge on any atom is 0.0857 e. The molecule has 0 bridgehead atoms. The van der Waals surface area contributed by atoms with Crippen LogP contribution in [0.15, 0.2) is 0 Å². The molecule has 0 aromatic carbocycles. The lowest BCUT2D eigenvalue weighted by molar-refractivity contribution is -0.100. The van der Waals surface area contributed by atoms with Gasteiger partial charge in [-0.15, -0.1) is 0 Å². The van der Waals surface area contributed by atoms with E-state index in [1.807, 2.05) is 0 Å². The maximum absolute atomic E-state index is 5.96. The van der Waals surface area contributed by atoms with Crippen molar-refractivity contribution in [3.8, 4) is 0 Å². The summed E-state index contributed by atoms with van der Waals surface area (Å²) in [6.07, 6.45) is 1.21. The summed E-state index contributed by atoms with van der Waals surface area (Å²) < 4.78 is 17.4. The molecule has 0 saturated heterocycles. The van der Waals surface area contributed by atoms with Gasteiger partial charge < -0.3 is 14.2 Å². The van der Waals surface area contributed by atoms with Crippen molar-refractivity contribution in [3.05, 3.63) is 0 Å². The van der Waals surface area contributed by atoms with Gasteiger partial charge in [0.1, 0.15) is 0 Å². The normalized spacial score (nSPS) is 14.8. The monoisotopic (exact) mass is 288 g/mol. The number of ether oxygens (including phenoxy) is 3. The molecular formula is C17H36O3. The van der Waals surface area contributed by atoms with Crippen LogP contribution in [-0.2, 0) is 14.2 Å². The largest absolute Gasteiger partial charge is 0.379 e. The molecule has 0 rings (SSSR count). The van der Waals surface area contributed by atoms with E-state index in [0.29, 0.717) is 25.7 Å². The molecule has 0 heterocycles. The second-order valence-electron chi connectivity index (χ2n) is 7.94. The van der Waals surface area contributed by atoms with Gasteiger partial charge in [-0.05, 0) is 38.5 Å². The molecule has 0 saturated carbocycles. The van der Waals surface area contributed by atoms with Crippen LogP contribution in [0.3, 0.4) is 0 Å². The average Bonchev–Trinajstić information content (AvgIpc) is 2.23. The van der Waals surface area contributed by atoms with Gasteiger partial charge in [-0.3, -0.25) is 0 Å². The van der Waals surface area contributed by atoms with Crippen LogP contribution in [0.5, 0.6) is 0 Å². The van der Waals surface area contributed by atoms with E-state index in [4.69, 9.17) is 14.2 Å². The second-order valence-corrected chi connectivity index (χ2v) is 7.94. The van der Waals surface area contributed by atoms with Crippen molar-refractivity contribution in [2.24, 2.45) is 11.3 Å². The minimum absolute atomic E-state index is 0.0829. The Balaban J connectivity index is 3.98. The molecule has 0 fully saturated rings. The van der Waals surface area contributed by atoms with E-state index in [1.165, 1.54) is 0 Å². The fourth-order valence-electron chi connectivity index (χ4n) is 1.60. The predicted molar refractivity (Wildman–Crippen MR) is 85.2 cm³/mol. The number of hydrogen-bond acceptors (Lipinski definition) is 3. The second kappa shape index (κ2) is 9.01. The van der Waals surface area contributed by atoms with Crippen molar-refractivity contribution in [3.63, 3.8) is 0 Å². The predicted octanol–water partition coefficient (Wildman–Crippen LogP) is 4.30. The van der Waals surface area contributed by atoms with Crippen molar-refractivity contribution < 1.29 is 14.2 Å². The zero-order chi connectivity index (χ0) is 15.8. The van der Waals surface area contributed by atoms with Crippen LogP contribution in [0.2, 0.25) is 0 Å². The van der Waals surface area contributed by atoms with Crippen molar-refractivity contribution in [1.82, 2.24) is 0 Å². The lowest BCUT2D eigenvalue weighted by Crippen LogP contribution is -2.35. The molecule has 3 heteroatoms. The Morgan fingerprint density at radius 3 is 1.90 bits per heavy atom. The summed E-state index contributed by atoms with van der Waals surface area (Å²) >= 11 is 0. The van der Waals surface area contributed by atoms with Crippen molar-refractivity contribution >= 4 is 0 Å². The number of hydrogen-bond donors (Lipinski definition) is 0. The SMILES string of the molecule is CC(C)CCOCC(OCCOC(C)(C)C)C(C)(C)C. The fraction of sp³-hybridized carbons (Fsp3) is 1.00. The lowest BCUT2D eigenvalue weighted by Gasteiger charge is -2.31. The standard InChI is InChI=1S/C17H36O3/c1-14(2)9-10-18-13-15(16(3,4)5)19-11-12-20-17(6,7)8/h14-15H,9-13H2,1-8H3. The Kier molecular flexibility index (Phi) is 8.96. The molecule has 0 aromatic heterocycles. The van der Waals surface area contributed by atoms with Gasteiger partial charge in [0, 0.05) is 6.61 Å². The van der Waals surface area contributed by atoms with Gasteiger partial charge in [0.05, 0.1) is 31.5 Å². The van der Waals surface area contributed by atoms with Gasteiger partial charge in [-0.25, -0.2) is 0 Å². The molecule has 1 atom stereocenters. The quantitative estimate of drug-likeness (QED) is 0.592. The van der Waals surface area contributed by atoms with Gasteiger partial charge in [0.2, 0.25) is 0 Å². The molecule has 0 amide bonds. The lowest BCUT2D eigenvalue weighted by atomic mass is 9.89. The Hall–Kier alpha value is -0.120. The van der Waals surface area contributed by atoms with E-state index in [-0.39, 0.29) is 17.1 Å². The third-order valence-corrected chi connectivity index (χ3v) is 3.01. The highest BCUT2D eigenvalue weighted by atomic mass is 16.6. The Morgan fingerprint density at radius 1 is 0.850 bits per heavy atom. The van der Waals surface area contributed by atoms with Crippen LogP contribution in [0.25, 0.3) is 0 Å². The molecule has 0 radical (unpaired) electrons. The fourth-order valence-corrected chi connectivity index (χ4v) is 1.60. The molecule has 1 unspecified atom stereocenters. The summed E-state index contributed by atoms with van der Waals surface area (Å²) in [6, 6.07) is 0. The van der Waals surface area contributed by atoms with Crippen LogP contribution < -0.4 is 0 Å². The highest BCUT2D eigenvalue weighted by Gasteiger charge is 2.25. The van der Waals surface area contributed by atoms with Crippen LogP contribution in [0.4, 0.5) is 0 Å². The summed E-state index contributed by atoms with van der Waals surface area (Å²) in [5.41, 5.74) is -0.0199. The van der Waals surface area contributed by atoms with Crippen LogP contribution in [-0.4, -0.2) is 38.1 Å². The van der Waals surface area contributed by atoms with Gasteiger partial charge >= 0.3 is 0 Å². The summed E-state index contributed by atoms with van der Waals surface area (Å²) in [6.45, 7) is 19.9. The zero-order valence-electron chi connectivity index (χ0n) is 14.9. The smallest absolute Gasteiger partial charge is 0.0857 e. The first-order chi connectivity index (χ1) is 9.02. The molecule has 122 valence electrons. The molecule has 20 heavy (non-hydrogen) atoms. The molecule has 0 N–H and O–H groups in total.